The third-order valence-electron chi connectivity index (χ3n) is 6.04. The van der Waals surface area contributed by atoms with Crippen molar-refractivity contribution >= 4 is 6.16 Å². The number of aryl methyl sites for hydroxylation is 1. The molecule has 1 aliphatic rings. The first-order valence-electron chi connectivity index (χ1n) is 12.0. The van der Waals surface area contributed by atoms with Crippen LogP contribution in [0.25, 0.3) is 11.4 Å². The van der Waals surface area contributed by atoms with Crippen LogP contribution in [-0.2, 0) is 17.6 Å². The second-order valence-electron chi connectivity index (χ2n) is 8.49. The predicted molar refractivity (Wildman–Crippen MR) is 123 cm³/mol. The average Bonchev–Trinajstić information content (AvgIpc) is 2.79. The summed E-state index contributed by atoms with van der Waals surface area (Å²) in [5.74, 6) is 1.96. The molecule has 0 fully saturated rings. The molecule has 5 nitrogen and oxygen atoms in total. The standard InChI is InChI=1S/C26H36N2O3/c1-3-5-6-7-8-9-10-11-20-12-17-24-22(18-20)19-27-25(28-24)21-13-15-23(16-14-21)31-26(29)30-4-2/h13-16,19-20H,3-12,17-18H2,1-2H3. The number of carbonyl (C=O) groups is 1. The number of ether oxygens (including phenoxy) is 2. The summed E-state index contributed by atoms with van der Waals surface area (Å²) in [5, 5.41) is 0. The fourth-order valence-corrected chi connectivity index (χ4v) is 4.27. The van der Waals surface area contributed by atoms with E-state index in [1.807, 2.05) is 18.3 Å². The number of hydrogen-bond donors (Lipinski definition) is 0. The summed E-state index contributed by atoms with van der Waals surface area (Å²) in [4.78, 5) is 20.9. The summed E-state index contributed by atoms with van der Waals surface area (Å²) in [7, 11) is 0. The molecule has 168 valence electrons. The van der Waals surface area contributed by atoms with Gasteiger partial charge in [0, 0.05) is 17.5 Å². The lowest BCUT2D eigenvalue weighted by atomic mass is 9.84. The van der Waals surface area contributed by atoms with Gasteiger partial charge in [-0.25, -0.2) is 14.8 Å². The van der Waals surface area contributed by atoms with Gasteiger partial charge >= 0.3 is 6.16 Å². The summed E-state index contributed by atoms with van der Waals surface area (Å²) in [6.45, 7) is 4.31. The average molecular weight is 425 g/mol. The van der Waals surface area contributed by atoms with E-state index in [2.05, 4.69) is 11.9 Å². The third-order valence-corrected chi connectivity index (χ3v) is 6.04. The molecule has 1 heterocycles. The van der Waals surface area contributed by atoms with E-state index in [0.717, 1.165) is 30.1 Å². The van der Waals surface area contributed by atoms with Crippen LogP contribution in [0.3, 0.4) is 0 Å². The largest absolute Gasteiger partial charge is 0.513 e. The molecule has 1 aromatic carbocycles. The maximum absolute atomic E-state index is 11.4. The quantitative estimate of drug-likeness (QED) is 0.222. The minimum Gasteiger partial charge on any atom is -0.434 e. The number of unbranched alkanes of at least 4 members (excludes halogenated alkanes) is 6. The van der Waals surface area contributed by atoms with Gasteiger partial charge in [-0.2, -0.15) is 0 Å². The molecule has 2 aromatic rings. The maximum Gasteiger partial charge on any atom is 0.513 e. The number of fused-ring (bicyclic) bond motifs is 1. The van der Waals surface area contributed by atoms with Crippen LogP contribution in [0.15, 0.2) is 30.5 Å². The first kappa shape index (κ1) is 23.2. The van der Waals surface area contributed by atoms with E-state index in [4.69, 9.17) is 14.5 Å². The van der Waals surface area contributed by atoms with Crippen molar-refractivity contribution in [2.75, 3.05) is 6.61 Å². The van der Waals surface area contributed by atoms with Crippen molar-refractivity contribution in [1.29, 1.82) is 0 Å². The van der Waals surface area contributed by atoms with Crippen LogP contribution in [0.4, 0.5) is 4.79 Å². The lowest BCUT2D eigenvalue weighted by Crippen LogP contribution is -2.16. The van der Waals surface area contributed by atoms with Crippen molar-refractivity contribution in [3.8, 4) is 17.1 Å². The van der Waals surface area contributed by atoms with Gasteiger partial charge in [-0.3, -0.25) is 0 Å². The monoisotopic (exact) mass is 424 g/mol. The Morgan fingerprint density at radius 3 is 2.52 bits per heavy atom. The van der Waals surface area contributed by atoms with Gasteiger partial charge < -0.3 is 9.47 Å². The molecule has 0 saturated carbocycles. The van der Waals surface area contributed by atoms with E-state index in [1.165, 1.54) is 69.0 Å². The summed E-state index contributed by atoms with van der Waals surface area (Å²) >= 11 is 0. The zero-order chi connectivity index (χ0) is 21.9. The van der Waals surface area contributed by atoms with Crippen molar-refractivity contribution < 1.29 is 14.3 Å². The van der Waals surface area contributed by atoms with E-state index < -0.39 is 6.16 Å². The summed E-state index contributed by atoms with van der Waals surface area (Å²) < 4.78 is 9.91. The van der Waals surface area contributed by atoms with Crippen molar-refractivity contribution in [1.82, 2.24) is 9.97 Å². The Bertz CT molecular complexity index is 820. The molecule has 0 radical (unpaired) electrons. The van der Waals surface area contributed by atoms with Crippen LogP contribution in [0.2, 0.25) is 0 Å². The van der Waals surface area contributed by atoms with Gasteiger partial charge in [0.15, 0.2) is 5.82 Å². The Morgan fingerprint density at radius 2 is 1.77 bits per heavy atom. The topological polar surface area (TPSA) is 61.3 Å². The van der Waals surface area contributed by atoms with Crippen LogP contribution in [-0.4, -0.2) is 22.7 Å². The fourth-order valence-electron chi connectivity index (χ4n) is 4.27. The zero-order valence-electron chi connectivity index (χ0n) is 19.1. The normalized spacial score (nSPS) is 15.4. The summed E-state index contributed by atoms with van der Waals surface area (Å²) in [6, 6.07) is 7.24. The zero-order valence-corrected chi connectivity index (χ0v) is 19.1. The van der Waals surface area contributed by atoms with E-state index in [9.17, 15) is 4.79 Å². The molecule has 1 aliphatic carbocycles. The van der Waals surface area contributed by atoms with Crippen molar-refractivity contribution in [3.63, 3.8) is 0 Å². The second kappa shape index (κ2) is 12.4. The highest BCUT2D eigenvalue weighted by Crippen LogP contribution is 2.29. The van der Waals surface area contributed by atoms with E-state index >= 15 is 0 Å². The van der Waals surface area contributed by atoms with Crippen LogP contribution in [0, 0.1) is 5.92 Å². The smallest absolute Gasteiger partial charge is 0.434 e. The number of carbonyl (C=O) groups excluding carboxylic acids is 1. The van der Waals surface area contributed by atoms with Crippen molar-refractivity contribution in [2.24, 2.45) is 5.92 Å². The Labute approximate surface area is 186 Å². The molecule has 1 aromatic heterocycles. The Balaban J connectivity index is 1.49. The van der Waals surface area contributed by atoms with E-state index in [1.54, 1.807) is 19.1 Å². The SMILES string of the molecule is CCCCCCCCCC1CCc2nc(-c3ccc(OC(=O)OCC)cc3)ncc2C1. The van der Waals surface area contributed by atoms with E-state index in [0.29, 0.717) is 12.4 Å². The molecule has 5 heteroatoms. The van der Waals surface area contributed by atoms with Gasteiger partial charge in [0.1, 0.15) is 5.75 Å². The van der Waals surface area contributed by atoms with Crippen LogP contribution >= 0.6 is 0 Å². The highest BCUT2D eigenvalue weighted by molar-refractivity contribution is 5.65. The van der Waals surface area contributed by atoms with Gasteiger partial charge in [0.05, 0.1) is 6.61 Å². The molecule has 0 saturated heterocycles. The Hall–Kier alpha value is -2.43. The van der Waals surface area contributed by atoms with Gasteiger partial charge in [-0.15, -0.1) is 0 Å². The van der Waals surface area contributed by atoms with Gasteiger partial charge in [-0.05, 0) is 61.9 Å². The number of nitrogens with zero attached hydrogens (tertiary/aromatic N) is 2. The molecule has 0 bridgehead atoms. The number of benzene rings is 1. The molecular formula is C26H36N2O3. The fraction of sp³-hybridized carbons (Fsp3) is 0.577. The van der Waals surface area contributed by atoms with Crippen LogP contribution in [0.5, 0.6) is 5.75 Å². The number of rotatable bonds is 11. The second-order valence-corrected chi connectivity index (χ2v) is 8.49. The molecule has 0 N–H and O–H groups in total. The van der Waals surface area contributed by atoms with E-state index in [-0.39, 0.29) is 0 Å². The Kier molecular flexibility index (Phi) is 9.32. The molecule has 1 unspecified atom stereocenters. The van der Waals surface area contributed by atoms with Gasteiger partial charge in [-0.1, -0.05) is 58.3 Å². The van der Waals surface area contributed by atoms with Crippen LogP contribution < -0.4 is 4.74 Å². The first-order valence-corrected chi connectivity index (χ1v) is 12.0. The molecule has 3 rings (SSSR count). The molecular weight excluding hydrogens is 388 g/mol. The minimum absolute atomic E-state index is 0.291. The molecule has 31 heavy (non-hydrogen) atoms. The first-order chi connectivity index (χ1) is 15.2. The maximum atomic E-state index is 11.4. The molecule has 0 spiro atoms. The lowest BCUT2D eigenvalue weighted by molar-refractivity contribution is 0.104. The summed E-state index contributed by atoms with van der Waals surface area (Å²) in [6.07, 6.45) is 15.6. The number of aromatic nitrogens is 2. The highest BCUT2D eigenvalue weighted by Gasteiger charge is 2.20. The Morgan fingerprint density at radius 1 is 1.03 bits per heavy atom. The van der Waals surface area contributed by atoms with Gasteiger partial charge in [0.2, 0.25) is 0 Å². The highest BCUT2D eigenvalue weighted by atomic mass is 16.7. The molecule has 1 atom stereocenters. The predicted octanol–water partition coefficient (Wildman–Crippen LogP) is 6.92. The number of hydrogen-bond acceptors (Lipinski definition) is 5. The third kappa shape index (κ3) is 7.34. The van der Waals surface area contributed by atoms with Crippen molar-refractivity contribution in [3.05, 3.63) is 41.7 Å². The summed E-state index contributed by atoms with van der Waals surface area (Å²) in [5.41, 5.74) is 3.42. The lowest BCUT2D eigenvalue weighted by Gasteiger charge is -2.24. The molecule has 0 aliphatic heterocycles. The van der Waals surface area contributed by atoms with Gasteiger partial charge in [0.25, 0.3) is 0 Å². The molecule has 0 amide bonds. The van der Waals surface area contributed by atoms with Crippen molar-refractivity contribution in [2.45, 2.75) is 84.5 Å². The minimum atomic E-state index is -0.689. The van der Waals surface area contributed by atoms with Crippen LogP contribution in [0.1, 0.15) is 82.9 Å².